The molecule has 0 spiro atoms. The van der Waals surface area contributed by atoms with E-state index in [1.165, 1.54) is 4.68 Å². The van der Waals surface area contributed by atoms with Crippen molar-refractivity contribution in [3.63, 3.8) is 0 Å². The van der Waals surface area contributed by atoms with Crippen LogP contribution in [0.25, 0.3) is 33.5 Å². The van der Waals surface area contributed by atoms with Crippen LogP contribution >= 0.6 is 43.5 Å². The quantitative estimate of drug-likeness (QED) is 0.162. The Hall–Kier alpha value is -4.12. The van der Waals surface area contributed by atoms with Gasteiger partial charge in [0.15, 0.2) is 17.3 Å². The molecule has 0 radical (unpaired) electrons. The van der Waals surface area contributed by atoms with Crippen LogP contribution in [0.3, 0.4) is 0 Å². The molecule has 1 aliphatic rings. The first-order valence-electron chi connectivity index (χ1n) is 12.7. The monoisotopic (exact) mass is 705 g/mol. The van der Waals surface area contributed by atoms with Gasteiger partial charge in [-0.05, 0) is 104 Å². The van der Waals surface area contributed by atoms with Crippen LogP contribution < -0.4 is 19.8 Å². The molecule has 2 aromatic heterocycles. The van der Waals surface area contributed by atoms with E-state index in [1.807, 2.05) is 36.4 Å². The Morgan fingerprint density at radius 3 is 2.64 bits per heavy atom. The molecule has 4 aromatic carbocycles. The van der Waals surface area contributed by atoms with Gasteiger partial charge in [-0.2, -0.15) is 9.78 Å². The minimum atomic E-state index is -0.327. The molecule has 0 unspecified atom stereocenters. The third-order valence-electron chi connectivity index (χ3n) is 6.62. The van der Waals surface area contributed by atoms with Crippen molar-refractivity contribution >= 4 is 71.5 Å². The predicted molar refractivity (Wildman–Crippen MR) is 168 cm³/mol. The van der Waals surface area contributed by atoms with E-state index in [1.54, 1.807) is 48.7 Å². The smallest absolute Gasteiger partial charge is 0.282 e. The van der Waals surface area contributed by atoms with Gasteiger partial charge in [-0.3, -0.25) is 4.79 Å². The van der Waals surface area contributed by atoms with Crippen molar-refractivity contribution in [2.24, 2.45) is 5.10 Å². The van der Waals surface area contributed by atoms with Crippen LogP contribution in [0.5, 0.6) is 17.2 Å². The van der Waals surface area contributed by atoms with Crippen LogP contribution in [0.15, 0.2) is 102 Å². The minimum Gasteiger partial charge on any atom is -0.487 e. The number of nitrogens with zero attached hydrogens (tertiary/aromatic N) is 3. The number of fused-ring (bicyclic) bond motifs is 3. The third kappa shape index (κ3) is 5.06. The standard InChI is InChI=1S/C31H18Br2ClN3O5/c32-22-9-18(10-23(33)29(22)39-15-17-5-7-26-27(11-17)41-16-40-26)14-35-37-30(36-24-4-2-1-3-21(24)31(37)38)28-13-19-12-20(34)6-8-25(19)42-28/h1-14H,15-16H2. The van der Waals surface area contributed by atoms with E-state index >= 15 is 0 Å². The molecule has 0 amide bonds. The maximum atomic E-state index is 13.6. The number of hydrogen-bond donors (Lipinski definition) is 0. The number of aromatic nitrogens is 2. The van der Waals surface area contributed by atoms with Crippen LogP contribution in [-0.2, 0) is 6.61 Å². The Morgan fingerprint density at radius 1 is 0.976 bits per heavy atom. The lowest BCUT2D eigenvalue weighted by Gasteiger charge is -2.12. The summed E-state index contributed by atoms with van der Waals surface area (Å²) < 4.78 is 25.6. The van der Waals surface area contributed by atoms with Gasteiger partial charge < -0.3 is 18.6 Å². The fourth-order valence-corrected chi connectivity index (χ4v) is 6.25. The summed E-state index contributed by atoms with van der Waals surface area (Å²) in [4.78, 5) is 18.3. The average Bonchev–Trinajstić information content (AvgIpc) is 3.62. The molecule has 0 atom stereocenters. The van der Waals surface area contributed by atoms with E-state index in [0.717, 1.165) is 16.7 Å². The normalized spacial score (nSPS) is 12.5. The summed E-state index contributed by atoms with van der Waals surface area (Å²) in [6.45, 7) is 0.543. The number of benzene rings is 4. The van der Waals surface area contributed by atoms with E-state index in [0.29, 0.717) is 59.9 Å². The molecule has 208 valence electrons. The molecule has 6 aromatic rings. The Morgan fingerprint density at radius 2 is 1.79 bits per heavy atom. The molecule has 8 nitrogen and oxygen atoms in total. The topological polar surface area (TPSA) is 88.1 Å². The Balaban J connectivity index is 1.22. The summed E-state index contributed by atoms with van der Waals surface area (Å²) in [7, 11) is 0. The van der Waals surface area contributed by atoms with Crippen molar-refractivity contribution in [3.8, 4) is 28.8 Å². The largest absolute Gasteiger partial charge is 0.487 e. The molecular formula is C31H18Br2ClN3O5. The fourth-order valence-electron chi connectivity index (χ4n) is 4.62. The average molecular weight is 708 g/mol. The summed E-state index contributed by atoms with van der Waals surface area (Å²) in [5, 5.41) is 6.36. The van der Waals surface area contributed by atoms with Gasteiger partial charge in [0, 0.05) is 10.4 Å². The van der Waals surface area contributed by atoms with Crippen LogP contribution in [-0.4, -0.2) is 22.7 Å². The lowest BCUT2D eigenvalue weighted by Crippen LogP contribution is -2.20. The summed E-state index contributed by atoms with van der Waals surface area (Å²) in [5.41, 5.74) is 2.49. The first-order valence-corrected chi connectivity index (χ1v) is 14.7. The molecule has 0 saturated heterocycles. The number of ether oxygens (including phenoxy) is 3. The van der Waals surface area contributed by atoms with Gasteiger partial charge in [0.05, 0.1) is 26.1 Å². The molecule has 0 aliphatic carbocycles. The van der Waals surface area contributed by atoms with E-state index in [2.05, 4.69) is 37.0 Å². The second kappa shape index (κ2) is 10.9. The number of halogens is 3. The minimum absolute atomic E-state index is 0.218. The zero-order valence-corrected chi connectivity index (χ0v) is 25.4. The summed E-state index contributed by atoms with van der Waals surface area (Å²) in [6.07, 6.45) is 1.58. The van der Waals surface area contributed by atoms with Crippen molar-refractivity contribution in [3.05, 3.63) is 114 Å². The Labute approximate surface area is 260 Å². The van der Waals surface area contributed by atoms with Crippen LogP contribution in [0.4, 0.5) is 0 Å². The van der Waals surface area contributed by atoms with E-state index in [-0.39, 0.29) is 18.2 Å². The highest BCUT2D eigenvalue weighted by Crippen LogP contribution is 2.37. The number of furan rings is 1. The molecular weight excluding hydrogens is 690 g/mol. The molecule has 11 heteroatoms. The molecule has 0 bridgehead atoms. The van der Waals surface area contributed by atoms with Gasteiger partial charge in [-0.15, -0.1) is 0 Å². The van der Waals surface area contributed by atoms with Crippen LogP contribution in [0, 0.1) is 0 Å². The summed E-state index contributed by atoms with van der Waals surface area (Å²) in [6, 6.07) is 23.6. The van der Waals surface area contributed by atoms with Crippen molar-refractivity contribution in [2.45, 2.75) is 6.61 Å². The molecule has 3 heterocycles. The highest BCUT2D eigenvalue weighted by atomic mass is 79.9. The summed E-state index contributed by atoms with van der Waals surface area (Å²) >= 11 is 13.4. The van der Waals surface area contributed by atoms with Crippen molar-refractivity contribution in [1.82, 2.24) is 9.66 Å². The van der Waals surface area contributed by atoms with E-state index < -0.39 is 0 Å². The van der Waals surface area contributed by atoms with Gasteiger partial charge in [0.25, 0.3) is 5.56 Å². The number of para-hydroxylation sites is 1. The lowest BCUT2D eigenvalue weighted by atomic mass is 10.2. The predicted octanol–water partition coefficient (Wildman–Crippen LogP) is 8.18. The molecule has 0 saturated carbocycles. The van der Waals surface area contributed by atoms with Crippen LogP contribution in [0.1, 0.15) is 11.1 Å². The van der Waals surface area contributed by atoms with Gasteiger partial charge in [0.1, 0.15) is 17.9 Å². The molecule has 1 aliphatic heterocycles. The number of rotatable bonds is 6. The number of hydrogen-bond acceptors (Lipinski definition) is 7. The van der Waals surface area contributed by atoms with Gasteiger partial charge in [-0.1, -0.05) is 29.8 Å². The van der Waals surface area contributed by atoms with Crippen molar-refractivity contribution < 1.29 is 18.6 Å². The molecule has 0 N–H and O–H groups in total. The van der Waals surface area contributed by atoms with E-state index in [9.17, 15) is 4.79 Å². The van der Waals surface area contributed by atoms with Crippen molar-refractivity contribution in [1.29, 1.82) is 0 Å². The molecule has 42 heavy (non-hydrogen) atoms. The second-order valence-electron chi connectivity index (χ2n) is 9.40. The maximum Gasteiger partial charge on any atom is 0.282 e. The van der Waals surface area contributed by atoms with Gasteiger partial charge in [-0.25, -0.2) is 4.98 Å². The SMILES string of the molecule is O=c1c2ccccc2nc(-c2cc3cc(Cl)ccc3o2)n1N=Cc1cc(Br)c(OCc2ccc3c(c2)OCO3)c(Br)c1. The summed E-state index contributed by atoms with van der Waals surface area (Å²) in [5.74, 6) is 2.70. The maximum absolute atomic E-state index is 13.6. The molecule has 0 fully saturated rings. The highest BCUT2D eigenvalue weighted by Gasteiger charge is 2.18. The second-order valence-corrected chi connectivity index (χ2v) is 11.5. The van der Waals surface area contributed by atoms with Gasteiger partial charge >= 0.3 is 0 Å². The van der Waals surface area contributed by atoms with Gasteiger partial charge in [0.2, 0.25) is 12.6 Å². The zero-order valence-electron chi connectivity index (χ0n) is 21.5. The highest BCUT2D eigenvalue weighted by molar-refractivity contribution is 9.11. The fraction of sp³-hybridized carbons (Fsp3) is 0.0645. The third-order valence-corrected chi connectivity index (χ3v) is 8.03. The van der Waals surface area contributed by atoms with Crippen LogP contribution in [0.2, 0.25) is 5.02 Å². The first kappa shape index (κ1) is 26.8. The Kier molecular flexibility index (Phi) is 6.97. The molecule has 7 rings (SSSR count). The zero-order chi connectivity index (χ0) is 28.8. The first-order chi connectivity index (χ1) is 20.4. The van der Waals surface area contributed by atoms with Crippen molar-refractivity contribution in [2.75, 3.05) is 6.79 Å². The van der Waals surface area contributed by atoms with E-state index in [4.69, 9.17) is 35.2 Å². The Bertz CT molecular complexity index is 2080. The lowest BCUT2D eigenvalue weighted by molar-refractivity contribution is 0.174.